The quantitative estimate of drug-likeness (QED) is 0.588. The highest BCUT2D eigenvalue weighted by Crippen LogP contribution is 2.49. The van der Waals surface area contributed by atoms with Crippen molar-refractivity contribution in [1.29, 1.82) is 0 Å². The molecule has 0 aliphatic carbocycles. The number of phenolic OH excluding ortho intramolecular Hbond substituents is 3. The fourth-order valence-electron chi connectivity index (χ4n) is 3.91. The Morgan fingerprint density at radius 1 is 0.857 bits per heavy atom. The molecule has 0 fully saturated rings. The molecule has 3 aromatic carbocycles. The Morgan fingerprint density at radius 2 is 1.54 bits per heavy atom. The Hall–Kier alpha value is -3.34. The first-order chi connectivity index (χ1) is 13.5. The van der Waals surface area contributed by atoms with Gasteiger partial charge in [-0.3, -0.25) is 0 Å². The minimum atomic E-state index is -0.154. The molecule has 0 amide bonds. The zero-order valence-electron chi connectivity index (χ0n) is 15.7. The molecule has 0 spiro atoms. The Labute approximate surface area is 163 Å². The minimum Gasteiger partial charge on any atom is -0.508 e. The minimum absolute atomic E-state index is 0.0436. The first-order valence-corrected chi connectivity index (χ1v) is 9.10. The summed E-state index contributed by atoms with van der Waals surface area (Å²) in [5.41, 5.74) is 3.63. The van der Waals surface area contributed by atoms with Crippen LogP contribution < -0.4 is 9.47 Å². The monoisotopic (exact) mass is 378 g/mol. The van der Waals surface area contributed by atoms with E-state index in [9.17, 15) is 15.3 Å². The third-order valence-corrected chi connectivity index (χ3v) is 5.45. The summed E-state index contributed by atoms with van der Waals surface area (Å²) in [6.07, 6.45) is 0. The molecule has 0 saturated carbocycles. The summed E-state index contributed by atoms with van der Waals surface area (Å²) < 4.78 is 11.3. The van der Waals surface area contributed by atoms with Crippen LogP contribution in [-0.4, -0.2) is 29.0 Å². The second-order valence-corrected chi connectivity index (χ2v) is 7.04. The highest BCUT2D eigenvalue weighted by molar-refractivity contribution is 5.56. The average molecular weight is 378 g/mol. The van der Waals surface area contributed by atoms with Crippen molar-refractivity contribution >= 4 is 0 Å². The van der Waals surface area contributed by atoms with Gasteiger partial charge in [0.05, 0.1) is 13.7 Å². The molecule has 0 saturated heterocycles. The van der Waals surface area contributed by atoms with Crippen LogP contribution in [0, 0.1) is 6.92 Å². The van der Waals surface area contributed by atoms with Crippen LogP contribution in [0.5, 0.6) is 28.7 Å². The molecule has 4 rings (SSSR count). The molecule has 0 aromatic heterocycles. The summed E-state index contributed by atoms with van der Waals surface area (Å²) in [4.78, 5) is 0. The molecule has 144 valence electrons. The van der Waals surface area contributed by atoms with Crippen LogP contribution in [0.1, 0.15) is 34.1 Å². The molecular weight excluding hydrogens is 356 g/mol. The summed E-state index contributed by atoms with van der Waals surface area (Å²) in [6.45, 7) is 2.23. The zero-order valence-corrected chi connectivity index (χ0v) is 15.7. The lowest BCUT2D eigenvalue weighted by Gasteiger charge is -2.35. The van der Waals surface area contributed by atoms with Crippen LogP contribution in [0.25, 0.3) is 0 Å². The molecule has 3 aromatic rings. The molecule has 5 heteroatoms. The van der Waals surface area contributed by atoms with E-state index < -0.39 is 0 Å². The second-order valence-electron chi connectivity index (χ2n) is 7.04. The van der Waals surface area contributed by atoms with Crippen molar-refractivity contribution in [3.63, 3.8) is 0 Å². The lowest BCUT2D eigenvalue weighted by molar-refractivity contribution is 0.245. The van der Waals surface area contributed by atoms with Gasteiger partial charge >= 0.3 is 0 Å². The molecule has 2 atom stereocenters. The van der Waals surface area contributed by atoms with Crippen molar-refractivity contribution in [1.82, 2.24) is 0 Å². The normalized spacial score (nSPS) is 18.2. The van der Waals surface area contributed by atoms with Gasteiger partial charge in [-0.1, -0.05) is 24.3 Å². The third-order valence-electron chi connectivity index (χ3n) is 5.45. The van der Waals surface area contributed by atoms with E-state index in [0.29, 0.717) is 17.9 Å². The number of methoxy groups -OCH3 is 1. The van der Waals surface area contributed by atoms with Gasteiger partial charge in [0.15, 0.2) is 11.5 Å². The summed E-state index contributed by atoms with van der Waals surface area (Å²) >= 11 is 0. The number of benzene rings is 3. The molecule has 1 heterocycles. The van der Waals surface area contributed by atoms with Gasteiger partial charge in [-0.25, -0.2) is 0 Å². The molecule has 2 unspecified atom stereocenters. The van der Waals surface area contributed by atoms with Crippen molar-refractivity contribution in [2.45, 2.75) is 18.8 Å². The molecule has 5 nitrogen and oxygen atoms in total. The Morgan fingerprint density at radius 3 is 2.21 bits per heavy atom. The number of rotatable bonds is 3. The molecule has 1 aliphatic rings. The van der Waals surface area contributed by atoms with Crippen molar-refractivity contribution in [3.05, 3.63) is 76.9 Å². The topological polar surface area (TPSA) is 79.2 Å². The van der Waals surface area contributed by atoms with Gasteiger partial charge in [0, 0.05) is 23.0 Å². The van der Waals surface area contributed by atoms with Gasteiger partial charge in [0.25, 0.3) is 0 Å². The Kier molecular flexibility index (Phi) is 4.51. The van der Waals surface area contributed by atoms with Crippen LogP contribution in [0.3, 0.4) is 0 Å². The first kappa shape index (κ1) is 18.0. The van der Waals surface area contributed by atoms with E-state index in [4.69, 9.17) is 9.47 Å². The zero-order chi connectivity index (χ0) is 19.8. The molecule has 3 N–H and O–H groups in total. The molecule has 0 radical (unpaired) electrons. The second kappa shape index (κ2) is 7.00. The molecular formula is C23H22O5. The van der Waals surface area contributed by atoms with Crippen molar-refractivity contribution in [2.24, 2.45) is 0 Å². The number of aromatic hydroxyl groups is 3. The number of ether oxygens (including phenoxy) is 2. The van der Waals surface area contributed by atoms with Gasteiger partial charge in [0.2, 0.25) is 0 Å². The maximum atomic E-state index is 10.1. The molecule has 28 heavy (non-hydrogen) atoms. The lowest BCUT2D eigenvalue weighted by atomic mass is 9.75. The summed E-state index contributed by atoms with van der Waals surface area (Å²) in [6, 6.07) is 16.3. The van der Waals surface area contributed by atoms with E-state index in [1.807, 2.05) is 37.3 Å². The molecule has 1 aliphatic heterocycles. The smallest absolute Gasteiger partial charge is 0.157 e. The van der Waals surface area contributed by atoms with Crippen LogP contribution in [0.2, 0.25) is 0 Å². The van der Waals surface area contributed by atoms with Gasteiger partial charge in [-0.05, 0) is 48.4 Å². The lowest BCUT2D eigenvalue weighted by Crippen LogP contribution is -2.25. The maximum absolute atomic E-state index is 10.1. The van der Waals surface area contributed by atoms with Gasteiger partial charge in [-0.2, -0.15) is 0 Å². The van der Waals surface area contributed by atoms with E-state index in [1.54, 1.807) is 25.3 Å². The predicted octanol–water partition coefficient (Wildman–Crippen LogP) is 4.43. The van der Waals surface area contributed by atoms with E-state index in [1.165, 1.54) is 6.07 Å². The predicted molar refractivity (Wildman–Crippen MR) is 106 cm³/mol. The highest BCUT2D eigenvalue weighted by atomic mass is 16.5. The summed E-state index contributed by atoms with van der Waals surface area (Å²) in [7, 11) is 1.63. The van der Waals surface area contributed by atoms with Crippen LogP contribution >= 0.6 is 0 Å². The van der Waals surface area contributed by atoms with E-state index >= 15 is 0 Å². The molecule has 0 bridgehead atoms. The van der Waals surface area contributed by atoms with E-state index in [2.05, 4.69) is 0 Å². The van der Waals surface area contributed by atoms with E-state index in [0.717, 1.165) is 22.4 Å². The van der Waals surface area contributed by atoms with Gasteiger partial charge in [-0.15, -0.1) is 0 Å². The van der Waals surface area contributed by atoms with Crippen molar-refractivity contribution in [2.75, 3.05) is 13.7 Å². The van der Waals surface area contributed by atoms with E-state index in [-0.39, 0.29) is 29.1 Å². The Bertz CT molecular complexity index is 1010. The van der Waals surface area contributed by atoms with Crippen molar-refractivity contribution in [3.8, 4) is 28.7 Å². The van der Waals surface area contributed by atoms with Crippen LogP contribution in [0.15, 0.2) is 54.6 Å². The largest absolute Gasteiger partial charge is 0.508 e. The first-order valence-electron chi connectivity index (χ1n) is 9.10. The number of hydrogen-bond donors (Lipinski definition) is 3. The van der Waals surface area contributed by atoms with Crippen LogP contribution in [0.4, 0.5) is 0 Å². The third kappa shape index (κ3) is 2.99. The fraction of sp³-hybridized carbons (Fsp3) is 0.217. The standard InChI is InChI=1S/C23H22O5/c1-13-19(24)10-8-17-22(14-3-6-16(27-2)7-4-14)18(12-28-23(13)17)15-5-9-20(25)21(26)11-15/h3-11,18,22,24-26H,12H2,1-2H3. The van der Waals surface area contributed by atoms with Gasteiger partial charge in [0.1, 0.15) is 17.2 Å². The summed E-state index contributed by atoms with van der Waals surface area (Å²) in [5.74, 6) is 1.25. The number of fused-ring (bicyclic) bond motifs is 1. The summed E-state index contributed by atoms with van der Waals surface area (Å²) in [5, 5.41) is 29.8. The highest BCUT2D eigenvalue weighted by Gasteiger charge is 2.35. The Balaban J connectivity index is 1.87. The number of hydrogen-bond acceptors (Lipinski definition) is 5. The number of phenols is 3. The van der Waals surface area contributed by atoms with Crippen molar-refractivity contribution < 1.29 is 24.8 Å². The van der Waals surface area contributed by atoms with Crippen LogP contribution in [-0.2, 0) is 0 Å². The fourth-order valence-corrected chi connectivity index (χ4v) is 3.91. The van der Waals surface area contributed by atoms with Gasteiger partial charge < -0.3 is 24.8 Å². The average Bonchev–Trinajstić information content (AvgIpc) is 2.72. The maximum Gasteiger partial charge on any atom is 0.157 e. The SMILES string of the molecule is COc1ccc(C2c3ccc(O)c(C)c3OCC2c2ccc(O)c(O)c2)cc1.